The molecule has 0 spiro atoms. The molecule has 0 amide bonds. The normalized spacial score (nSPS) is 13.0. The summed E-state index contributed by atoms with van der Waals surface area (Å²) < 4.78 is 37.5. The summed E-state index contributed by atoms with van der Waals surface area (Å²) in [5, 5.41) is 3.21. The maximum atomic E-state index is 12.5. The first-order valence-electron chi connectivity index (χ1n) is 6.93. The number of anilines is 1. The molecule has 0 fully saturated rings. The highest BCUT2D eigenvalue weighted by Crippen LogP contribution is 2.30. The van der Waals surface area contributed by atoms with Crippen LogP contribution in [0.1, 0.15) is 36.6 Å². The molecular weight excluding hydrogens is 275 g/mol. The highest BCUT2D eigenvalue weighted by molar-refractivity contribution is 5.47. The molecule has 21 heavy (non-hydrogen) atoms. The van der Waals surface area contributed by atoms with Crippen LogP contribution in [-0.2, 0) is 12.6 Å². The van der Waals surface area contributed by atoms with E-state index in [4.69, 9.17) is 0 Å². The summed E-state index contributed by atoms with van der Waals surface area (Å²) in [5.41, 5.74) is 2.41. The van der Waals surface area contributed by atoms with Crippen molar-refractivity contribution in [1.82, 2.24) is 0 Å². The molecule has 0 bridgehead atoms. The van der Waals surface area contributed by atoms with E-state index < -0.39 is 11.7 Å². The van der Waals surface area contributed by atoms with Gasteiger partial charge in [-0.2, -0.15) is 13.2 Å². The van der Waals surface area contributed by atoms with Gasteiger partial charge in [0, 0.05) is 11.7 Å². The van der Waals surface area contributed by atoms with Gasteiger partial charge >= 0.3 is 6.18 Å². The average Bonchev–Trinajstić information content (AvgIpc) is 2.47. The molecule has 0 saturated carbocycles. The van der Waals surface area contributed by atoms with Crippen LogP contribution in [0, 0.1) is 0 Å². The Morgan fingerprint density at radius 3 is 2.00 bits per heavy atom. The summed E-state index contributed by atoms with van der Waals surface area (Å²) in [7, 11) is 0. The summed E-state index contributed by atoms with van der Waals surface area (Å²) in [4.78, 5) is 0. The van der Waals surface area contributed by atoms with E-state index in [-0.39, 0.29) is 6.04 Å². The van der Waals surface area contributed by atoms with Crippen molar-refractivity contribution in [3.8, 4) is 0 Å². The highest BCUT2D eigenvalue weighted by atomic mass is 19.4. The van der Waals surface area contributed by atoms with Crippen LogP contribution in [0.5, 0.6) is 0 Å². The second kappa shape index (κ2) is 6.20. The minimum atomic E-state index is -4.29. The molecule has 2 rings (SSSR count). The van der Waals surface area contributed by atoms with Crippen LogP contribution in [0.15, 0.2) is 48.5 Å². The SMILES string of the molecule is CCc1ccc(C(C)Nc2ccc(C(F)(F)F)cc2)cc1. The molecule has 1 unspecified atom stereocenters. The van der Waals surface area contributed by atoms with Crippen molar-refractivity contribution in [1.29, 1.82) is 0 Å². The number of alkyl halides is 3. The highest BCUT2D eigenvalue weighted by Gasteiger charge is 2.29. The van der Waals surface area contributed by atoms with Crippen LogP contribution in [-0.4, -0.2) is 0 Å². The predicted octanol–water partition coefficient (Wildman–Crippen LogP) is 5.44. The summed E-state index contributed by atoms with van der Waals surface area (Å²) in [5.74, 6) is 0. The summed E-state index contributed by atoms with van der Waals surface area (Å²) in [6.45, 7) is 4.08. The quantitative estimate of drug-likeness (QED) is 0.791. The third kappa shape index (κ3) is 4.00. The van der Waals surface area contributed by atoms with Gasteiger partial charge in [-0.25, -0.2) is 0 Å². The Hall–Kier alpha value is -1.97. The topological polar surface area (TPSA) is 12.0 Å². The van der Waals surface area contributed by atoms with Crippen molar-refractivity contribution in [2.75, 3.05) is 5.32 Å². The molecule has 1 nitrogen and oxygen atoms in total. The van der Waals surface area contributed by atoms with Crippen molar-refractivity contribution >= 4 is 5.69 Å². The van der Waals surface area contributed by atoms with Gasteiger partial charge in [0.2, 0.25) is 0 Å². The fourth-order valence-corrected chi connectivity index (χ4v) is 2.13. The molecule has 1 atom stereocenters. The van der Waals surface area contributed by atoms with Crippen LogP contribution in [0.2, 0.25) is 0 Å². The standard InChI is InChI=1S/C17H18F3N/c1-3-13-4-6-14(7-5-13)12(2)21-16-10-8-15(9-11-16)17(18,19)20/h4-12,21H,3H2,1-2H3. The molecule has 0 saturated heterocycles. The van der Waals surface area contributed by atoms with E-state index in [1.165, 1.54) is 17.7 Å². The predicted molar refractivity (Wildman–Crippen MR) is 79.3 cm³/mol. The van der Waals surface area contributed by atoms with Crippen molar-refractivity contribution < 1.29 is 13.2 Å². The molecule has 2 aromatic rings. The summed E-state index contributed by atoms with van der Waals surface area (Å²) in [6.07, 6.45) is -3.30. The number of rotatable bonds is 4. The van der Waals surface area contributed by atoms with Gasteiger partial charge in [0.15, 0.2) is 0 Å². The van der Waals surface area contributed by atoms with E-state index in [2.05, 4.69) is 24.4 Å². The molecule has 4 heteroatoms. The first-order valence-corrected chi connectivity index (χ1v) is 6.93. The van der Waals surface area contributed by atoms with Crippen molar-refractivity contribution in [2.45, 2.75) is 32.5 Å². The lowest BCUT2D eigenvalue weighted by Gasteiger charge is -2.17. The average molecular weight is 293 g/mol. The number of benzene rings is 2. The molecule has 1 N–H and O–H groups in total. The number of hydrogen-bond donors (Lipinski definition) is 1. The van der Waals surface area contributed by atoms with E-state index in [1.807, 2.05) is 19.1 Å². The molecule has 0 aliphatic rings. The van der Waals surface area contributed by atoms with Crippen LogP contribution >= 0.6 is 0 Å². The van der Waals surface area contributed by atoms with E-state index in [9.17, 15) is 13.2 Å². The second-order valence-electron chi connectivity index (χ2n) is 5.04. The molecule has 0 aliphatic carbocycles. The van der Waals surface area contributed by atoms with Crippen molar-refractivity contribution in [3.05, 3.63) is 65.2 Å². The molecule has 2 aromatic carbocycles. The van der Waals surface area contributed by atoms with Crippen LogP contribution in [0.4, 0.5) is 18.9 Å². The summed E-state index contributed by atoms with van der Waals surface area (Å²) in [6, 6.07) is 13.4. The van der Waals surface area contributed by atoms with Gasteiger partial charge in [-0.3, -0.25) is 0 Å². The fraction of sp³-hybridized carbons (Fsp3) is 0.294. The van der Waals surface area contributed by atoms with Gasteiger partial charge in [-0.15, -0.1) is 0 Å². The zero-order chi connectivity index (χ0) is 15.5. The van der Waals surface area contributed by atoms with Gasteiger partial charge in [0.1, 0.15) is 0 Å². The zero-order valence-electron chi connectivity index (χ0n) is 12.0. The molecule has 0 heterocycles. The Labute approximate surface area is 122 Å². The molecular formula is C17H18F3N. The van der Waals surface area contributed by atoms with Crippen LogP contribution in [0.3, 0.4) is 0 Å². The molecule has 0 aromatic heterocycles. The van der Waals surface area contributed by atoms with Gasteiger partial charge < -0.3 is 5.32 Å². The summed E-state index contributed by atoms with van der Waals surface area (Å²) >= 11 is 0. The zero-order valence-corrected chi connectivity index (χ0v) is 12.0. The van der Waals surface area contributed by atoms with E-state index in [0.717, 1.165) is 24.1 Å². The van der Waals surface area contributed by atoms with E-state index >= 15 is 0 Å². The Morgan fingerprint density at radius 1 is 0.952 bits per heavy atom. The minimum absolute atomic E-state index is 0.0349. The lowest BCUT2D eigenvalue weighted by Crippen LogP contribution is -2.08. The molecule has 0 radical (unpaired) electrons. The fourth-order valence-electron chi connectivity index (χ4n) is 2.13. The van der Waals surface area contributed by atoms with Gasteiger partial charge in [0.05, 0.1) is 5.56 Å². The third-order valence-electron chi connectivity index (χ3n) is 3.48. The number of nitrogens with one attached hydrogen (secondary N) is 1. The van der Waals surface area contributed by atoms with Crippen LogP contribution in [0.25, 0.3) is 0 Å². The Balaban J connectivity index is 2.06. The largest absolute Gasteiger partial charge is 0.416 e. The van der Waals surface area contributed by atoms with E-state index in [1.54, 1.807) is 0 Å². The van der Waals surface area contributed by atoms with Gasteiger partial charge in [-0.05, 0) is 48.7 Å². The number of halogens is 3. The number of hydrogen-bond acceptors (Lipinski definition) is 1. The maximum Gasteiger partial charge on any atom is 0.416 e. The van der Waals surface area contributed by atoms with Gasteiger partial charge in [-0.1, -0.05) is 31.2 Å². The Morgan fingerprint density at radius 2 is 1.52 bits per heavy atom. The van der Waals surface area contributed by atoms with Crippen molar-refractivity contribution in [3.63, 3.8) is 0 Å². The molecule has 0 aliphatic heterocycles. The monoisotopic (exact) mass is 293 g/mol. The minimum Gasteiger partial charge on any atom is -0.379 e. The lowest BCUT2D eigenvalue weighted by atomic mass is 10.0. The van der Waals surface area contributed by atoms with Gasteiger partial charge in [0.25, 0.3) is 0 Å². The van der Waals surface area contributed by atoms with Crippen molar-refractivity contribution in [2.24, 2.45) is 0 Å². The lowest BCUT2D eigenvalue weighted by molar-refractivity contribution is -0.137. The maximum absolute atomic E-state index is 12.5. The number of aryl methyl sites for hydroxylation is 1. The first kappa shape index (κ1) is 15.4. The van der Waals surface area contributed by atoms with E-state index in [0.29, 0.717) is 5.69 Å². The third-order valence-corrected chi connectivity index (χ3v) is 3.48. The first-order chi connectivity index (χ1) is 9.90. The Kier molecular flexibility index (Phi) is 4.56. The van der Waals surface area contributed by atoms with Crippen LogP contribution < -0.4 is 5.32 Å². The smallest absolute Gasteiger partial charge is 0.379 e. The molecule has 112 valence electrons. The second-order valence-corrected chi connectivity index (χ2v) is 5.04. The Bertz CT molecular complexity index is 570.